The Morgan fingerprint density at radius 3 is 2.90 bits per heavy atom. The van der Waals surface area contributed by atoms with Crippen LogP contribution in [-0.4, -0.2) is 20.4 Å². The fraction of sp³-hybridized carbons (Fsp3) is 0.357. The van der Waals surface area contributed by atoms with E-state index < -0.39 is 0 Å². The monoisotopic (exact) mass is 290 g/mol. The van der Waals surface area contributed by atoms with Gasteiger partial charge in [-0.05, 0) is 24.8 Å². The number of hydrogen-bond acceptors (Lipinski definition) is 3. The van der Waals surface area contributed by atoms with Gasteiger partial charge < -0.3 is 9.88 Å². The molecule has 0 saturated heterocycles. The topological polar surface area (TPSA) is 59.8 Å². The number of carbonyl (C=O) groups is 1. The van der Waals surface area contributed by atoms with E-state index in [2.05, 4.69) is 15.3 Å². The number of imidazole rings is 1. The Kier molecular flexibility index (Phi) is 3.44. The zero-order valence-electron chi connectivity index (χ0n) is 11.1. The van der Waals surface area contributed by atoms with Gasteiger partial charge in [-0.2, -0.15) is 0 Å². The Hall–Kier alpha value is -1.88. The van der Waals surface area contributed by atoms with Gasteiger partial charge in [-0.15, -0.1) is 0 Å². The molecule has 1 amide bonds. The van der Waals surface area contributed by atoms with Crippen LogP contribution in [0.25, 0.3) is 0 Å². The van der Waals surface area contributed by atoms with Gasteiger partial charge in [0, 0.05) is 31.8 Å². The summed E-state index contributed by atoms with van der Waals surface area (Å²) in [4.78, 5) is 20.6. The van der Waals surface area contributed by atoms with Crippen molar-refractivity contribution in [2.24, 2.45) is 13.0 Å². The third kappa shape index (κ3) is 2.54. The van der Waals surface area contributed by atoms with Crippen LogP contribution in [0.4, 0.5) is 0 Å². The van der Waals surface area contributed by atoms with Gasteiger partial charge in [-0.3, -0.25) is 9.78 Å². The van der Waals surface area contributed by atoms with Crippen LogP contribution >= 0.6 is 11.6 Å². The maximum Gasteiger partial charge on any atom is 0.253 e. The molecule has 1 N–H and O–H groups in total. The molecule has 1 aliphatic carbocycles. The van der Waals surface area contributed by atoms with Crippen molar-refractivity contribution in [3.63, 3.8) is 0 Å². The van der Waals surface area contributed by atoms with Crippen LogP contribution in [0.1, 0.15) is 35.1 Å². The summed E-state index contributed by atoms with van der Waals surface area (Å²) >= 11 is 6.01. The highest BCUT2D eigenvalue weighted by atomic mass is 35.5. The lowest BCUT2D eigenvalue weighted by Gasteiger charge is -2.18. The van der Waals surface area contributed by atoms with Crippen LogP contribution in [0.3, 0.4) is 0 Å². The van der Waals surface area contributed by atoms with Crippen molar-refractivity contribution in [3.8, 4) is 0 Å². The van der Waals surface area contributed by atoms with Gasteiger partial charge in [0.15, 0.2) is 0 Å². The van der Waals surface area contributed by atoms with Crippen LogP contribution in [0.15, 0.2) is 30.9 Å². The lowest BCUT2D eigenvalue weighted by Crippen LogP contribution is -2.31. The Morgan fingerprint density at radius 1 is 1.50 bits per heavy atom. The van der Waals surface area contributed by atoms with Gasteiger partial charge in [-0.1, -0.05) is 11.6 Å². The van der Waals surface area contributed by atoms with Crippen molar-refractivity contribution < 1.29 is 4.79 Å². The van der Waals surface area contributed by atoms with Gasteiger partial charge in [0.25, 0.3) is 5.91 Å². The number of halogens is 1. The Labute approximate surface area is 122 Å². The van der Waals surface area contributed by atoms with Gasteiger partial charge in [0.2, 0.25) is 0 Å². The van der Waals surface area contributed by atoms with Gasteiger partial charge in [-0.25, -0.2) is 4.98 Å². The van der Waals surface area contributed by atoms with E-state index in [0.717, 1.165) is 18.7 Å². The lowest BCUT2D eigenvalue weighted by molar-refractivity contribution is 0.0929. The summed E-state index contributed by atoms with van der Waals surface area (Å²) in [6.07, 6.45) is 8.90. The second kappa shape index (κ2) is 5.25. The standard InChI is InChI=1S/C14H15ClN4O/c1-19-7-6-17-13(19)12(9-2-3-9)18-14(20)10-4-5-16-8-11(10)15/h4-9,12H,2-3H2,1H3,(H,18,20). The third-order valence-electron chi connectivity index (χ3n) is 3.53. The van der Waals surface area contributed by atoms with E-state index >= 15 is 0 Å². The number of hydrogen-bond donors (Lipinski definition) is 1. The number of rotatable bonds is 4. The number of carbonyl (C=O) groups excluding carboxylic acids is 1. The molecule has 2 heterocycles. The molecular formula is C14H15ClN4O. The molecule has 3 rings (SSSR count). The summed E-state index contributed by atoms with van der Waals surface area (Å²) in [6.45, 7) is 0. The van der Waals surface area contributed by atoms with Crippen LogP contribution in [-0.2, 0) is 7.05 Å². The fourth-order valence-electron chi connectivity index (χ4n) is 2.28. The maximum atomic E-state index is 12.4. The molecule has 0 spiro atoms. The van der Waals surface area contributed by atoms with Crippen molar-refractivity contribution in [3.05, 3.63) is 47.3 Å². The number of amides is 1. The molecule has 0 aromatic carbocycles. The van der Waals surface area contributed by atoms with E-state index in [1.807, 2.05) is 17.8 Å². The first kappa shape index (κ1) is 13.1. The summed E-state index contributed by atoms with van der Waals surface area (Å²) in [5.74, 6) is 1.16. The van der Waals surface area contributed by atoms with Crippen LogP contribution in [0, 0.1) is 5.92 Å². The summed E-state index contributed by atoms with van der Waals surface area (Å²) in [5, 5.41) is 3.41. The number of aromatic nitrogens is 3. The highest BCUT2D eigenvalue weighted by molar-refractivity contribution is 6.33. The highest BCUT2D eigenvalue weighted by Gasteiger charge is 2.36. The number of nitrogens with zero attached hydrogens (tertiary/aromatic N) is 3. The molecule has 0 aliphatic heterocycles. The summed E-state index contributed by atoms with van der Waals surface area (Å²) in [6, 6.07) is 1.56. The molecule has 0 radical (unpaired) electrons. The molecule has 2 aromatic heterocycles. The van der Waals surface area contributed by atoms with Gasteiger partial charge in [0.05, 0.1) is 16.6 Å². The Morgan fingerprint density at radius 2 is 2.30 bits per heavy atom. The fourth-order valence-corrected chi connectivity index (χ4v) is 2.48. The SMILES string of the molecule is Cn1ccnc1C(NC(=O)c1ccncc1Cl)C1CC1. The Bertz CT molecular complexity index is 636. The number of nitrogens with one attached hydrogen (secondary N) is 1. The molecule has 2 aromatic rings. The molecule has 1 aliphatic rings. The molecule has 5 nitrogen and oxygen atoms in total. The van der Waals surface area contributed by atoms with E-state index in [4.69, 9.17) is 11.6 Å². The predicted molar refractivity (Wildman–Crippen MR) is 75.4 cm³/mol. The molecular weight excluding hydrogens is 276 g/mol. The van der Waals surface area contributed by atoms with Crippen molar-refractivity contribution in [2.75, 3.05) is 0 Å². The van der Waals surface area contributed by atoms with E-state index in [9.17, 15) is 4.79 Å². The van der Waals surface area contributed by atoms with Crippen molar-refractivity contribution in [2.45, 2.75) is 18.9 Å². The molecule has 1 unspecified atom stereocenters. The van der Waals surface area contributed by atoms with E-state index in [-0.39, 0.29) is 11.9 Å². The van der Waals surface area contributed by atoms with Crippen LogP contribution in [0.2, 0.25) is 5.02 Å². The second-order valence-corrected chi connectivity index (χ2v) is 5.45. The minimum absolute atomic E-state index is 0.0632. The molecule has 20 heavy (non-hydrogen) atoms. The summed E-state index contributed by atoms with van der Waals surface area (Å²) in [5.41, 5.74) is 0.446. The minimum atomic E-state index is -0.183. The molecule has 1 saturated carbocycles. The van der Waals surface area contributed by atoms with Crippen molar-refractivity contribution in [1.82, 2.24) is 19.9 Å². The summed E-state index contributed by atoms with van der Waals surface area (Å²) in [7, 11) is 1.93. The first-order chi connectivity index (χ1) is 9.66. The highest BCUT2D eigenvalue weighted by Crippen LogP contribution is 2.40. The van der Waals surface area contributed by atoms with E-state index in [1.165, 1.54) is 6.20 Å². The third-order valence-corrected chi connectivity index (χ3v) is 3.83. The maximum absolute atomic E-state index is 12.4. The van der Waals surface area contributed by atoms with Gasteiger partial charge in [0.1, 0.15) is 5.82 Å². The van der Waals surface area contributed by atoms with Crippen molar-refractivity contribution in [1.29, 1.82) is 0 Å². The smallest absolute Gasteiger partial charge is 0.253 e. The largest absolute Gasteiger partial charge is 0.342 e. The molecule has 1 fully saturated rings. The van der Waals surface area contributed by atoms with Gasteiger partial charge >= 0.3 is 0 Å². The Balaban J connectivity index is 1.83. The number of aryl methyl sites for hydroxylation is 1. The van der Waals surface area contributed by atoms with E-state index in [0.29, 0.717) is 16.5 Å². The molecule has 104 valence electrons. The van der Waals surface area contributed by atoms with E-state index in [1.54, 1.807) is 18.5 Å². The van der Waals surface area contributed by atoms with Crippen molar-refractivity contribution >= 4 is 17.5 Å². The summed E-state index contributed by atoms with van der Waals surface area (Å²) < 4.78 is 1.94. The number of pyridine rings is 1. The minimum Gasteiger partial charge on any atom is -0.342 e. The first-order valence-corrected chi connectivity index (χ1v) is 6.92. The zero-order valence-corrected chi connectivity index (χ0v) is 11.8. The average molecular weight is 291 g/mol. The normalized spacial score (nSPS) is 15.9. The molecule has 1 atom stereocenters. The first-order valence-electron chi connectivity index (χ1n) is 6.54. The van der Waals surface area contributed by atoms with Crippen LogP contribution < -0.4 is 5.32 Å². The quantitative estimate of drug-likeness (QED) is 0.940. The molecule has 0 bridgehead atoms. The lowest BCUT2D eigenvalue weighted by atomic mass is 10.1. The van der Waals surface area contributed by atoms with Crippen LogP contribution in [0.5, 0.6) is 0 Å². The average Bonchev–Trinajstić information content (AvgIpc) is 3.19. The molecule has 6 heteroatoms. The second-order valence-electron chi connectivity index (χ2n) is 5.04. The zero-order chi connectivity index (χ0) is 14.1. The predicted octanol–water partition coefficient (Wildman–Crippen LogP) is 2.35.